The van der Waals surface area contributed by atoms with Gasteiger partial charge in [-0.2, -0.15) is 0 Å². The molecule has 0 aromatic heterocycles. The number of hydrogen-bond acceptors (Lipinski definition) is 6. The van der Waals surface area contributed by atoms with Gasteiger partial charge >= 0.3 is 17.2 Å². The van der Waals surface area contributed by atoms with Crippen LogP contribution in [0.4, 0.5) is 0 Å². The molecule has 2 radical (unpaired) electrons. The minimum atomic E-state index is -1.18. The van der Waals surface area contributed by atoms with Gasteiger partial charge in [0.15, 0.2) is 0 Å². The summed E-state index contributed by atoms with van der Waals surface area (Å²) in [5, 5.41) is 0. The average molecular weight is 560 g/mol. The molecule has 0 aromatic rings. The fraction of sp³-hybridized carbons (Fsp3) is 0.857. The molecular formula is C21H47O6P2Rh. The van der Waals surface area contributed by atoms with Crippen molar-refractivity contribution < 1.29 is 46.6 Å². The molecule has 0 atom stereocenters. The van der Waals surface area contributed by atoms with Gasteiger partial charge in [-0.3, -0.25) is 0 Å². The van der Waals surface area contributed by atoms with Crippen molar-refractivity contribution in [3.05, 3.63) is 19.6 Å². The maximum absolute atomic E-state index is 5.49. The normalized spacial score (nSPS) is 11.2. The molecule has 6 nitrogen and oxygen atoms in total. The Labute approximate surface area is 202 Å². The summed E-state index contributed by atoms with van der Waals surface area (Å²) in [6.07, 6.45) is 2.35. The largest absolute Gasteiger partial charge is 0.333 e. The van der Waals surface area contributed by atoms with E-state index in [4.69, 9.17) is 27.1 Å². The van der Waals surface area contributed by atoms with Crippen LogP contribution in [-0.4, -0.2) is 36.6 Å². The number of allylic oxidation sites excluding steroid dienone is 1. The standard InChI is InChI=1S/2C9H21O3P.C3H5.Rh/c2*1-7(2)10-13(11-8(3)4)12-9(5)6;1-3-2;/h2*7-9H,1-6H3;3H,1-2H2;. The zero-order valence-corrected chi connectivity index (χ0v) is 24.6. The first-order chi connectivity index (χ1) is 13.2. The van der Waals surface area contributed by atoms with Crippen molar-refractivity contribution in [3.8, 4) is 0 Å². The third-order valence-corrected chi connectivity index (χ3v) is 5.34. The second-order valence-electron chi connectivity index (χ2n) is 7.66. The second-order valence-corrected chi connectivity index (χ2v) is 9.82. The number of rotatable bonds is 12. The first kappa shape index (κ1) is 38.3. The van der Waals surface area contributed by atoms with Gasteiger partial charge in [0.2, 0.25) is 0 Å². The maximum Gasteiger partial charge on any atom is 0.333 e. The van der Waals surface area contributed by atoms with E-state index < -0.39 is 17.2 Å². The van der Waals surface area contributed by atoms with E-state index in [0.717, 1.165) is 0 Å². The minimum Gasteiger partial charge on any atom is -0.309 e. The Morgan fingerprint density at radius 1 is 0.467 bits per heavy atom. The van der Waals surface area contributed by atoms with E-state index in [9.17, 15) is 0 Å². The molecule has 0 spiro atoms. The third-order valence-electron chi connectivity index (χ3n) is 1.78. The molecule has 0 saturated heterocycles. The fourth-order valence-electron chi connectivity index (χ4n) is 1.18. The van der Waals surface area contributed by atoms with Gasteiger partial charge in [0.1, 0.15) is 0 Å². The van der Waals surface area contributed by atoms with Gasteiger partial charge < -0.3 is 27.1 Å². The molecular weight excluding hydrogens is 513 g/mol. The Hall–Kier alpha value is 0.983. The first-order valence-electron chi connectivity index (χ1n) is 10.3. The van der Waals surface area contributed by atoms with Crippen LogP contribution in [0.2, 0.25) is 0 Å². The van der Waals surface area contributed by atoms with E-state index >= 15 is 0 Å². The smallest absolute Gasteiger partial charge is 0.309 e. The van der Waals surface area contributed by atoms with E-state index in [1.807, 2.05) is 83.1 Å². The van der Waals surface area contributed by atoms with Crippen LogP contribution in [-0.2, 0) is 46.6 Å². The van der Waals surface area contributed by atoms with Crippen LogP contribution in [0.3, 0.4) is 0 Å². The van der Waals surface area contributed by atoms with Gasteiger partial charge in [0.05, 0.1) is 36.6 Å². The average Bonchev–Trinajstić information content (AvgIpc) is 2.43. The molecule has 0 fully saturated rings. The first-order valence-corrected chi connectivity index (χ1v) is 12.4. The van der Waals surface area contributed by atoms with Crippen molar-refractivity contribution in [2.24, 2.45) is 0 Å². The molecule has 0 aliphatic rings. The van der Waals surface area contributed by atoms with Crippen LogP contribution in [0.25, 0.3) is 0 Å². The monoisotopic (exact) mass is 560 g/mol. The Balaban J connectivity index is -0.000000193. The fourth-order valence-corrected chi connectivity index (χ4v) is 3.55. The Morgan fingerprint density at radius 2 is 0.567 bits per heavy atom. The summed E-state index contributed by atoms with van der Waals surface area (Å²) >= 11 is 0. The van der Waals surface area contributed by atoms with Crippen LogP contribution < -0.4 is 0 Å². The van der Waals surface area contributed by atoms with Crippen LogP contribution in [0.5, 0.6) is 0 Å². The van der Waals surface area contributed by atoms with Crippen molar-refractivity contribution >= 4 is 17.2 Å². The SMILES string of the molecule is CC(C)OP(OC(C)C)OC(C)C.CC(C)OP(OC(C)C)OC(C)C.[CH2]C=C.[Rh]. The summed E-state index contributed by atoms with van der Waals surface area (Å²) in [5.41, 5.74) is 0. The van der Waals surface area contributed by atoms with Crippen molar-refractivity contribution in [2.45, 2.75) is 120 Å². The second kappa shape index (κ2) is 24.6. The Bertz CT molecular complexity index is 279. The molecule has 9 heteroatoms. The molecule has 30 heavy (non-hydrogen) atoms. The predicted octanol–water partition coefficient (Wildman–Crippen LogP) is 7.98. The van der Waals surface area contributed by atoms with E-state index in [1.165, 1.54) is 6.08 Å². The third kappa shape index (κ3) is 36.4. The van der Waals surface area contributed by atoms with Crippen molar-refractivity contribution in [1.29, 1.82) is 0 Å². The summed E-state index contributed by atoms with van der Waals surface area (Å²) in [4.78, 5) is 0. The zero-order valence-electron chi connectivity index (χ0n) is 21.1. The van der Waals surface area contributed by atoms with Gasteiger partial charge in [-0.1, -0.05) is 6.08 Å². The van der Waals surface area contributed by atoms with Crippen LogP contribution >= 0.6 is 17.2 Å². The van der Waals surface area contributed by atoms with E-state index in [-0.39, 0.29) is 56.1 Å². The quantitative estimate of drug-likeness (QED) is 0.178. The molecule has 0 heterocycles. The van der Waals surface area contributed by atoms with Gasteiger partial charge in [0, 0.05) is 19.5 Å². The summed E-state index contributed by atoms with van der Waals surface area (Å²) in [5.74, 6) is 0. The summed E-state index contributed by atoms with van der Waals surface area (Å²) in [7, 11) is -2.36. The Morgan fingerprint density at radius 3 is 0.633 bits per heavy atom. The van der Waals surface area contributed by atoms with Crippen molar-refractivity contribution in [3.63, 3.8) is 0 Å². The Kier molecular flexibility index (Phi) is 31.4. The van der Waals surface area contributed by atoms with Crippen LogP contribution in [0.15, 0.2) is 12.7 Å². The molecule has 0 amide bonds. The van der Waals surface area contributed by atoms with Crippen LogP contribution in [0.1, 0.15) is 83.1 Å². The minimum absolute atomic E-state index is 0. The van der Waals surface area contributed by atoms with Crippen molar-refractivity contribution in [2.75, 3.05) is 0 Å². The molecule has 0 N–H and O–H groups in total. The number of hydrogen-bond donors (Lipinski definition) is 0. The molecule has 0 rings (SSSR count). The van der Waals surface area contributed by atoms with Gasteiger partial charge in [0.25, 0.3) is 0 Å². The molecule has 186 valence electrons. The summed E-state index contributed by atoms with van der Waals surface area (Å²) in [6.45, 7) is 30.2. The topological polar surface area (TPSA) is 55.4 Å². The zero-order chi connectivity index (χ0) is 23.6. The molecule has 0 aliphatic carbocycles. The molecule has 0 bridgehead atoms. The van der Waals surface area contributed by atoms with Gasteiger partial charge in [-0.15, -0.1) is 6.58 Å². The molecule has 0 unspecified atom stereocenters. The maximum atomic E-state index is 5.49. The van der Waals surface area contributed by atoms with E-state index in [1.54, 1.807) is 0 Å². The van der Waals surface area contributed by atoms with Crippen molar-refractivity contribution in [1.82, 2.24) is 0 Å². The van der Waals surface area contributed by atoms with E-state index in [0.29, 0.717) is 0 Å². The molecule has 0 aromatic carbocycles. The van der Waals surface area contributed by atoms with Gasteiger partial charge in [-0.05, 0) is 90.0 Å². The summed E-state index contributed by atoms with van der Waals surface area (Å²) < 4.78 is 33.0. The van der Waals surface area contributed by atoms with Crippen LogP contribution in [0, 0.1) is 6.92 Å². The van der Waals surface area contributed by atoms with E-state index in [2.05, 4.69) is 13.5 Å². The summed E-state index contributed by atoms with van der Waals surface area (Å²) in [6, 6.07) is 0. The molecule has 0 aliphatic heterocycles. The molecule has 0 saturated carbocycles. The van der Waals surface area contributed by atoms with Gasteiger partial charge in [-0.25, -0.2) is 0 Å². The predicted molar refractivity (Wildman–Crippen MR) is 127 cm³/mol.